The Balaban J connectivity index is 2.43. The van der Waals surface area contributed by atoms with E-state index in [0.29, 0.717) is 15.7 Å². The Bertz CT molecular complexity index is 767. The number of carbonyl (C=O) groups excluding carboxylic acids is 1. The van der Waals surface area contributed by atoms with Crippen LogP contribution in [0.15, 0.2) is 36.4 Å². The topological polar surface area (TPSA) is 50.4 Å². The van der Waals surface area contributed by atoms with Crippen molar-refractivity contribution in [3.8, 4) is 5.75 Å². The van der Waals surface area contributed by atoms with Crippen LogP contribution in [0.25, 0.3) is 0 Å². The Morgan fingerprint density at radius 1 is 1.12 bits per heavy atom. The van der Waals surface area contributed by atoms with Crippen molar-refractivity contribution in [3.05, 3.63) is 46.4 Å². The van der Waals surface area contributed by atoms with Crippen LogP contribution >= 0.6 is 23.2 Å². The summed E-state index contributed by atoms with van der Waals surface area (Å²) >= 11 is 11.9. The molecule has 0 aliphatic rings. The van der Waals surface area contributed by atoms with Crippen molar-refractivity contribution < 1.29 is 22.7 Å². The van der Waals surface area contributed by atoms with Crippen molar-refractivity contribution in [1.82, 2.24) is 0 Å². The molecular weight excluding hydrogens is 368 g/mol. The molecule has 24 heavy (non-hydrogen) atoms. The number of hydrogen-bond acceptors (Lipinski definition) is 3. The van der Waals surface area contributed by atoms with Crippen molar-refractivity contribution in [1.29, 1.82) is 0 Å². The minimum Gasteiger partial charge on any atom is -0.494 e. The number of rotatable bonds is 4. The van der Waals surface area contributed by atoms with Crippen molar-refractivity contribution in [2.45, 2.75) is 6.18 Å². The summed E-state index contributed by atoms with van der Waals surface area (Å²) in [6, 6.07) is 9.01. The van der Waals surface area contributed by atoms with Gasteiger partial charge in [0.25, 0.3) is 0 Å². The number of carbonyl (C=O) groups is 1. The number of methoxy groups -OCH3 is 1. The second kappa shape index (κ2) is 7.19. The van der Waals surface area contributed by atoms with Gasteiger partial charge in [-0.2, -0.15) is 13.2 Å². The molecular formula is C15H11Cl2F3N2O2. The van der Waals surface area contributed by atoms with Gasteiger partial charge >= 0.3 is 12.1 Å². The lowest BCUT2D eigenvalue weighted by Crippen LogP contribution is -2.30. The molecule has 0 radical (unpaired) electrons. The van der Waals surface area contributed by atoms with Crippen LogP contribution in [-0.2, 0) is 4.79 Å². The van der Waals surface area contributed by atoms with Crippen LogP contribution in [0.1, 0.15) is 0 Å². The highest BCUT2D eigenvalue weighted by molar-refractivity contribution is 6.35. The second-order valence-corrected chi connectivity index (χ2v) is 5.43. The summed E-state index contributed by atoms with van der Waals surface area (Å²) in [4.78, 5) is 11.3. The molecule has 2 rings (SSSR count). The summed E-state index contributed by atoms with van der Waals surface area (Å²) in [5.41, 5.74) is 0.356. The number of anilines is 3. The van der Waals surface area contributed by atoms with Gasteiger partial charge in [-0.1, -0.05) is 29.3 Å². The third-order valence-electron chi connectivity index (χ3n) is 2.94. The molecule has 2 aromatic carbocycles. The molecule has 128 valence electrons. The zero-order valence-electron chi connectivity index (χ0n) is 12.2. The first kappa shape index (κ1) is 18.2. The fourth-order valence-electron chi connectivity index (χ4n) is 1.86. The van der Waals surface area contributed by atoms with Crippen molar-refractivity contribution in [2.24, 2.45) is 0 Å². The molecule has 0 fully saturated rings. The number of nitrogens with one attached hydrogen (secondary N) is 2. The summed E-state index contributed by atoms with van der Waals surface area (Å²) in [5.74, 6) is -2.07. The summed E-state index contributed by atoms with van der Waals surface area (Å²) in [6.45, 7) is 0. The van der Waals surface area contributed by atoms with Gasteiger partial charge in [0.2, 0.25) is 0 Å². The quantitative estimate of drug-likeness (QED) is 0.763. The monoisotopic (exact) mass is 378 g/mol. The van der Waals surface area contributed by atoms with Gasteiger partial charge in [-0.15, -0.1) is 0 Å². The predicted molar refractivity (Wildman–Crippen MR) is 87.4 cm³/mol. The van der Waals surface area contributed by atoms with Crippen molar-refractivity contribution in [3.63, 3.8) is 0 Å². The minimum atomic E-state index is -5.04. The molecule has 1 amide bonds. The highest BCUT2D eigenvalue weighted by atomic mass is 35.5. The first-order chi connectivity index (χ1) is 11.2. The molecule has 0 spiro atoms. The van der Waals surface area contributed by atoms with E-state index in [-0.39, 0.29) is 17.1 Å². The largest absolute Gasteiger partial charge is 0.494 e. The number of ether oxygens (including phenoxy) is 1. The normalized spacial score (nSPS) is 11.1. The molecule has 9 heteroatoms. The van der Waals surface area contributed by atoms with E-state index in [4.69, 9.17) is 27.9 Å². The van der Waals surface area contributed by atoms with Gasteiger partial charge in [-0.3, -0.25) is 4.79 Å². The molecule has 0 bridgehead atoms. The molecule has 0 aliphatic heterocycles. The van der Waals surface area contributed by atoms with E-state index >= 15 is 0 Å². The average Bonchev–Trinajstić information content (AvgIpc) is 2.51. The van der Waals surface area contributed by atoms with E-state index in [0.717, 1.165) is 0 Å². The van der Waals surface area contributed by atoms with Gasteiger partial charge in [0.15, 0.2) is 0 Å². The number of para-hydroxylation sites is 1. The van der Waals surface area contributed by atoms with E-state index in [9.17, 15) is 18.0 Å². The molecule has 0 saturated carbocycles. The molecule has 0 unspecified atom stereocenters. The van der Waals surface area contributed by atoms with E-state index < -0.39 is 12.1 Å². The van der Waals surface area contributed by atoms with Crippen LogP contribution in [0.2, 0.25) is 10.0 Å². The fourth-order valence-corrected chi connectivity index (χ4v) is 2.19. The summed E-state index contributed by atoms with van der Waals surface area (Å²) in [5, 5.41) is 5.31. The molecule has 0 aliphatic carbocycles. The Morgan fingerprint density at radius 3 is 2.46 bits per heavy atom. The van der Waals surface area contributed by atoms with E-state index in [1.54, 1.807) is 17.4 Å². The SMILES string of the molecule is COc1cccc(Nc2cc(Cl)ccc2Cl)c1NC(=O)C(F)(F)F. The third kappa shape index (κ3) is 4.24. The molecule has 2 aromatic rings. The van der Waals surface area contributed by atoms with Crippen LogP contribution in [0, 0.1) is 0 Å². The number of amides is 1. The van der Waals surface area contributed by atoms with Crippen molar-refractivity contribution in [2.75, 3.05) is 17.7 Å². The molecule has 2 N–H and O–H groups in total. The average molecular weight is 379 g/mol. The smallest absolute Gasteiger partial charge is 0.471 e. The summed E-state index contributed by atoms with van der Waals surface area (Å²) in [7, 11) is 1.27. The lowest BCUT2D eigenvalue weighted by atomic mass is 10.2. The molecule has 0 saturated heterocycles. The first-order valence-electron chi connectivity index (χ1n) is 6.49. The van der Waals surface area contributed by atoms with Gasteiger partial charge in [-0.25, -0.2) is 0 Å². The third-order valence-corrected chi connectivity index (χ3v) is 3.50. The maximum absolute atomic E-state index is 12.5. The summed E-state index contributed by atoms with van der Waals surface area (Å²) in [6.07, 6.45) is -5.04. The first-order valence-corrected chi connectivity index (χ1v) is 7.25. The lowest BCUT2D eigenvalue weighted by molar-refractivity contribution is -0.167. The number of benzene rings is 2. The maximum atomic E-state index is 12.5. The lowest BCUT2D eigenvalue weighted by Gasteiger charge is -2.17. The number of halogens is 5. The molecule has 4 nitrogen and oxygen atoms in total. The van der Waals surface area contributed by atoms with Gasteiger partial charge in [0.05, 0.1) is 23.5 Å². The van der Waals surface area contributed by atoms with Crippen LogP contribution < -0.4 is 15.4 Å². The van der Waals surface area contributed by atoms with Gasteiger partial charge in [0, 0.05) is 5.02 Å². The highest BCUT2D eigenvalue weighted by Gasteiger charge is 2.39. The van der Waals surface area contributed by atoms with Crippen LogP contribution in [0.4, 0.5) is 30.2 Å². The van der Waals surface area contributed by atoms with Gasteiger partial charge in [0.1, 0.15) is 11.4 Å². The molecule has 0 atom stereocenters. The van der Waals surface area contributed by atoms with E-state index in [2.05, 4.69) is 5.32 Å². The van der Waals surface area contributed by atoms with Crippen LogP contribution in [0.3, 0.4) is 0 Å². The zero-order valence-corrected chi connectivity index (χ0v) is 13.7. The summed E-state index contributed by atoms with van der Waals surface area (Å²) < 4.78 is 42.6. The number of hydrogen-bond donors (Lipinski definition) is 2. The maximum Gasteiger partial charge on any atom is 0.471 e. The highest BCUT2D eigenvalue weighted by Crippen LogP contribution is 2.37. The molecule has 0 heterocycles. The van der Waals surface area contributed by atoms with Crippen LogP contribution in [0.5, 0.6) is 5.75 Å². The Labute approximate surface area is 145 Å². The predicted octanol–water partition coefficient (Wildman–Crippen LogP) is 5.25. The minimum absolute atomic E-state index is 0.0516. The van der Waals surface area contributed by atoms with Crippen LogP contribution in [-0.4, -0.2) is 19.2 Å². The Morgan fingerprint density at radius 2 is 1.83 bits per heavy atom. The fraction of sp³-hybridized carbons (Fsp3) is 0.133. The van der Waals surface area contributed by atoms with Gasteiger partial charge in [-0.05, 0) is 30.3 Å². The van der Waals surface area contributed by atoms with Crippen molar-refractivity contribution >= 4 is 46.2 Å². The Hall–Kier alpha value is -2.12. The van der Waals surface area contributed by atoms with Gasteiger partial charge < -0.3 is 15.4 Å². The second-order valence-electron chi connectivity index (χ2n) is 4.58. The van der Waals surface area contributed by atoms with E-state index in [1.807, 2.05) is 0 Å². The number of alkyl halides is 3. The zero-order chi connectivity index (χ0) is 17.9. The Kier molecular flexibility index (Phi) is 5.46. The molecule has 0 aromatic heterocycles. The standard InChI is InChI=1S/C15H11Cl2F3N2O2/c1-24-12-4-2-3-10(13(12)22-14(23)15(18,19)20)21-11-7-8(16)5-6-9(11)17/h2-7,21H,1H3,(H,22,23). The van der Waals surface area contributed by atoms with E-state index in [1.165, 1.54) is 31.4 Å².